The molecule has 19 heavy (non-hydrogen) atoms. The van der Waals surface area contributed by atoms with Crippen LogP contribution in [0.5, 0.6) is 0 Å². The summed E-state index contributed by atoms with van der Waals surface area (Å²) in [6.07, 6.45) is 3.19. The van der Waals surface area contributed by atoms with Gasteiger partial charge in [0.25, 0.3) is 5.91 Å². The number of nitrogens with one attached hydrogen (secondary N) is 1. The third-order valence-corrected chi connectivity index (χ3v) is 3.05. The van der Waals surface area contributed by atoms with Crippen LogP contribution >= 0.6 is 0 Å². The number of halogens is 1. The molecule has 106 valence electrons. The van der Waals surface area contributed by atoms with E-state index < -0.39 is 5.82 Å². The Morgan fingerprint density at radius 3 is 2.58 bits per heavy atom. The normalized spacial score (nSPS) is 12.5. The Bertz CT molecular complexity index is 432. The third-order valence-electron chi connectivity index (χ3n) is 3.05. The molecule has 0 fully saturated rings. The molecule has 3 N–H and O–H groups in total. The van der Waals surface area contributed by atoms with Crippen molar-refractivity contribution in [3.05, 3.63) is 29.6 Å². The minimum atomic E-state index is -0.499. The van der Waals surface area contributed by atoms with E-state index in [-0.39, 0.29) is 17.6 Å². The minimum Gasteiger partial charge on any atom is -0.396 e. The number of rotatable bonds is 6. The van der Waals surface area contributed by atoms with Crippen LogP contribution in [-0.2, 0) is 0 Å². The van der Waals surface area contributed by atoms with Gasteiger partial charge >= 0.3 is 0 Å². The molecule has 0 aliphatic heterocycles. The average molecular weight is 266 g/mol. The van der Waals surface area contributed by atoms with Gasteiger partial charge in [0.1, 0.15) is 5.82 Å². The first kappa shape index (κ1) is 15.5. The molecule has 0 saturated heterocycles. The lowest BCUT2D eigenvalue weighted by Gasteiger charge is -2.14. The number of anilines is 1. The molecule has 0 aliphatic rings. The number of carbonyl (C=O) groups is 1. The average Bonchev–Trinajstić information content (AvgIpc) is 2.32. The molecule has 0 saturated carbocycles. The van der Waals surface area contributed by atoms with Crippen molar-refractivity contribution in [1.29, 1.82) is 0 Å². The topological polar surface area (TPSA) is 55.1 Å². The number of nitrogens with two attached hydrogens (primary N) is 1. The lowest BCUT2D eigenvalue weighted by atomic mass is 10.0. The molecule has 1 aromatic rings. The molecule has 0 heterocycles. The van der Waals surface area contributed by atoms with Gasteiger partial charge in [0, 0.05) is 11.6 Å². The van der Waals surface area contributed by atoms with Crippen LogP contribution in [-0.4, -0.2) is 11.9 Å². The summed E-state index contributed by atoms with van der Waals surface area (Å²) in [6, 6.07) is 4.14. The van der Waals surface area contributed by atoms with Crippen LogP contribution in [0.25, 0.3) is 0 Å². The van der Waals surface area contributed by atoms with Gasteiger partial charge in [-0.05, 0) is 37.5 Å². The molecule has 1 unspecified atom stereocenters. The molecule has 3 nitrogen and oxygen atoms in total. The number of benzene rings is 1. The molecular formula is C15H23FN2O. The Hall–Kier alpha value is -1.58. The SMILES string of the molecule is CC(C)CCCC(C)NC(=O)c1ccc(F)c(N)c1. The van der Waals surface area contributed by atoms with Crippen molar-refractivity contribution >= 4 is 11.6 Å². The molecule has 1 amide bonds. The fourth-order valence-corrected chi connectivity index (χ4v) is 1.90. The van der Waals surface area contributed by atoms with Crippen LogP contribution in [0.1, 0.15) is 50.4 Å². The summed E-state index contributed by atoms with van der Waals surface area (Å²) in [5.74, 6) is -0.0231. The van der Waals surface area contributed by atoms with E-state index in [0.29, 0.717) is 11.5 Å². The summed E-state index contributed by atoms with van der Waals surface area (Å²) in [7, 11) is 0. The monoisotopic (exact) mass is 266 g/mol. The van der Waals surface area contributed by atoms with Gasteiger partial charge in [-0.2, -0.15) is 0 Å². The lowest BCUT2D eigenvalue weighted by Crippen LogP contribution is -2.32. The molecule has 0 bridgehead atoms. The summed E-state index contributed by atoms with van der Waals surface area (Å²) < 4.78 is 13.0. The van der Waals surface area contributed by atoms with Gasteiger partial charge in [-0.3, -0.25) is 4.79 Å². The van der Waals surface area contributed by atoms with Gasteiger partial charge in [-0.1, -0.05) is 26.7 Å². The highest BCUT2D eigenvalue weighted by Crippen LogP contribution is 2.13. The van der Waals surface area contributed by atoms with Crippen molar-refractivity contribution in [2.75, 3.05) is 5.73 Å². The second-order valence-corrected chi connectivity index (χ2v) is 5.44. The summed E-state index contributed by atoms with van der Waals surface area (Å²) in [4.78, 5) is 11.9. The number of amides is 1. The van der Waals surface area contributed by atoms with E-state index >= 15 is 0 Å². The van der Waals surface area contributed by atoms with Crippen LogP contribution in [0.15, 0.2) is 18.2 Å². The van der Waals surface area contributed by atoms with Gasteiger partial charge < -0.3 is 11.1 Å². The zero-order valence-corrected chi connectivity index (χ0v) is 11.9. The highest BCUT2D eigenvalue weighted by molar-refractivity contribution is 5.95. The van der Waals surface area contributed by atoms with E-state index in [2.05, 4.69) is 19.2 Å². The smallest absolute Gasteiger partial charge is 0.251 e. The Morgan fingerprint density at radius 1 is 1.32 bits per heavy atom. The van der Waals surface area contributed by atoms with Crippen LogP contribution in [0.2, 0.25) is 0 Å². The first-order valence-corrected chi connectivity index (χ1v) is 6.76. The zero-order chi connectivity index (χ0) is 14.4. The predicted molar refractivity (Wildman–Crippen MR) is 76.4 cm³/mol. The highest BCUT2D eigenvalue weighted by Gasteiger charge is 2.11. The molecule has 0 aromatic heterocycles. The van der Waals surface area contributed by atoms with Crippen molar-refractivity contribution in [2.45, 2.75) is 46.1 Å². The Morgan fingerprint density at radius 2 is 2.00 bits per heavy atom. The van der Waals surface area contributed by atoms with E-state index in [1.807, 2.05) is 6.92 Å². The molecule has 0 radical (unpaired) electrons. The van der Waals surface area contributed by atoms with E-state index in [1.54, 1.807) is 0 Å². The number of hydrogen-bond donors (Lipinski definition) is 2. The van der Waals surface area contributed by atoms with E-state index in [1.165, 1.54) is 18.2 Å². The van der Waals surface area contributed by atoms with Crippen LogP contribution in [0.4, 0.5) is 10.1 Å². The second-order valence-electron chi connectivity index (χ2n) is 5.44. The fraction of sp³-hybridized carbons (Fsp3) is 0.533. The number of carbonyl (C=O) groups excluding carboxylic acids is 1. The quantitative estimate of drug-likeness (QED) is 0.776. The van der Waals surface area contributed by atoms with Crippen LogP contribution in [0.3, 0.4) is 0 Å². The fourth-order valence-electron chi connectivity index (χ4n) is 1.90. The van der Waals surface area contributed by atoms with Gasteiger partial charge in [0.05, 0.1) is 5.69 Å². The summed E-state index contributed by atoms with van der Waals surface area (Å²) >= 11 is 0. The Labute approximate surface area is 114 Å². The second kappa shape index (κ2) is 7.12. The van der Waals surface area contributed by atoms with Crippen molar-refractivity contribution in [1.82, 2.24) is 5.32 Å². The van der Waals surface area contributed by atoms with Crippen molar-refractivity contribution in [3.63, 3.8) is 0 Å². The first-order valence-electron chi connectivity index (χ1n) is 6.76. The molecular weight excluding hydrogens is 243 g/mol. The maximum atomic E-state index is 13.0. The van der Waals surface area contributed by atoms with Gasteiger partial charge in [0.15, 0.2) is 0 Å². The van der Waals surface area contributed by atoms with Crippen molar-refractivity contribution < 1.29 is 9.18 Å². The minimum absolute atomic E-state index is 0.000103. The molecule has 1 aromatic carbocycles. The molecule has 1 atom stereocenters. The molecule has 0 aliphatic carbocycles. The maximum absolute atomic E-state index is 13.0. The van der Waals surface area contributed by atoms with E-state index in [9.17, 15) is 9.18 Å². The summed E-state index contributed by atoms with van der Waals surface area (Å²) in [5, 5.41) is 2.90. The Balaban J connectivity index is 2.47. The van der Waals surface area contributed by atoms with Gasteiger partial charge in [-0.25, -0.2) is 4.39 Å². The molecule has 0 spiro atoms. The first-order chi connectivity index (χ1) is 8.90. The zero-order valence-electron chi connectivity index (χ0n) is 11.9. The van der Waals surface area contributed by atoms with E-state index in [0.717, 1.165) is 19.3 Å². The standard InChI is InChI=1S/C15H23FN2O/c1-10(2)5-4-6-11(3)18-15(19)12-7-8-13(16)14(17)9-12/h7-11H,4-6,17H2,1-3H3,(H,18,19). The molecule has 1 rings (SSSR count). The highest BCUT2D eigenvalue weighted by atomic mass is 19.1. The summed E-state index contributed by atoms with van der Waals surface area (Å²) in [5.41, 5.74) is 5.85. The lowest BCUT2D eigenvalue weighted by molar-refractivity contribution is 0.0938. The van der Waals surface area contributed by atoms with E-state index in [4.69, 9.17) is 5.73 Å². The van der Waals surface area contributed by atoms with Gasteiger partial charge in [0.2, 0.25) is 0 Å². The van der Waals surface area contributed by atoms with Crippen LogP contribution in [0, 0.1) is 11.7 Å². The third kappa shape index (κ3) is 5.28. The molecule has 4 heteroatoms. The summed E-state index contributed by atoms with van der Waals surface area (Å²) in [6.45, 7) is 6.35. The van der Waals surface area contributed by atoms with Crippen LogP contribution < -0.4 is 11.1 Å². The predicted octanol–water partition coefficient (Wildman–Crippen LogP) is 3.35. The largest absolute Gasteiger partial charge is 0.396 e. The number of hydrogen-bond acceptors (Lipinski definition) is 2. The maximum Gasteiger partial charge on any atom is 0.251 e. The Kier molecular flexibility index (Phi) is 5.80. The van der Waals surface area contributed by atoms with Crippen molar-refractivity contribution in [3.8, 4) is 0 Å². The van der Waals surface area contributed by atoms with Gasteiger partial charge in [-0.15, -0.1) is 0 Å². The number of nitrogen functional groups attached to an aromatic ring is 1. The van der Waals surface area contributed by atoms with Crippen molar-refractivity contribution in [2.24, 2.45) is 5.92 Å².